The minimum absolute atomic E-state index is 0. The molecule has 7 heteroatoms. The van der Waals surface area contributed by atoms with Crippen molar-refractivity contribution in [2.75, 3.05) is 13.2 Å². The first-order valence-corrected chi connectivity index (χ1v) is 4.04. The van der Waals surface area contributed by atoms with Crippen molar-refractivity contribution in [1.82, 2.24) is 0 Å². The molecule has 1 atom stereocenters. The molecule has 0 amide bonds. The molecule has 62 valence electrons. The first-order valence-electron chi connectivity index (χ1n) is 2.64. The van der Waals surface area contributed by atoms with Crippen molar-refractivity contribution in [2.24, 2.45) is 5.73 Å². The van der Waals surface area contributed by atoms with Crippen LogP contribution in [-0.2, 0) is 10.1 Å². The fourth-order valence-electron chi connectivity index (χ4n) is 0.246. The molecule has 0 saturated heterocycles. The second-order valence-corrected chi connectivity index (χ2v) is 4.16. The summed E-state index contributed by atoms with van der Waals surface area (Å²) in [5.41, 5.74) is 4.96. The fourth-order valence-corrected chi connectivity index (χ4v) is 0.608. The van der Waals surface area contributed by atoms with Gasteiger partial charge in [-0.2, -0.15) is 0 Å². The van der Waals surface area contributed by atoms with E-state index >= 15 is 0 Å². The van der Waals surface area contributed by atoms with Crippen LogP contribution in [0.3, 0.4) is 0 Å². The maximum atomic E-state index is 10.3. The number of aliphatic hydroxyl groups excluding tert-OH is 1. The first kappa shape index (κ1) is 14.4. The first-order chi connectivity index (χ1) is 4.37. The Hall–Kier alpha value is 0.830. The average molecular weight is 191 g/mol. The summed E-state index contributed by atoms with van der Waals surface area (Å²) in [4.78, 5) is 0. The van der Waals surface area contributed by atoms with Gasteiger partial charge in [-0.25, -0.2) is 8.42 Å². The Morgan fingerprint density at radius 1 is 1.64 bits per heavy atom. The van der Waals surface area contributed by atoms with Crippen LogP contribution < -0.4 is 35.3 Å². The Morgan fingerprint density at radius 3 is 2.00 bits per heavy atom. The van der Waals surface area contributed by atoms with Crippen LogP contribution in [0.5, 0.6) is 0 Å². The second-order valence-electron chi connectivity index (χ2n) is 2.27. The molecular formula is C4H10NNaO4S. The summed E-state index contributed by atoms with van der Waals surface area (Å²) in [6, 6.07) is 0. The van der Waals surface area contributed by atoms with Gasteiger partial charge in [0.15, 0.2) is 0 Å². The third-order valence-electron chi connectivity index (χ3n) is 1.37. The second kappa shape index (κ2) is 4.76. The van der Waals surface area contributed by atoms with E-state index in [2.05, 4.69) is 0 Å². The predicted octanol–water partition coefficient (Wildman–Crippen LogP) is -4.75. The van der Waals surface area contributed by atoms with Crippen molar-refractivity contribution in [3.8, 4) is 0 Å². The van der Waals surface area contributed by atoms with Crippen molar-refractivity contribution in [1.29, 1.82) is 0 Å². The van der Waals surface area contributed by atoms with Crippen molar-refractivity contribution >= 4 is 10.1 Å². The van der Waals surface area contributed by atoms with Crippen molar-refractivity contribution in [2.45, 2.75) is 11.7 Å². The standard InChI is InChI=1S/C4H11NO4S.Na/c1-4(2-5,3-6)10(7,8)9;/h6H,2-3,5H2,1H3,(H,7,8,9);/q;+1/p-1. The van der Waals surface area contributed by atoms with E-state index in [1.54, 1.807) is 0 Å². The van der Waals surface area contributed by atoms with Gasteiger partial charge in [0.2, 0.25) is 0 Å². The largest absolute Gasteiger partial charge is 1.00 e. The molecule has 0 saturated carbocycles. The van der Waals surface area contributed by atoms with Crippen LogP contribution in [0.15, 0.2) is 0 Å². The molecule has 0 aliphatic carbocycles. The number of nitrogens with two attached hydrogens (primary N) is 1. The molecule has 0 rings (SSSR count). The van der Waals surface area contributed by atoms with Gasteiger partial charge in [-0.1, -0.05) is 0 Å². The molecule has 0 aliphatic heterocycles. The number of rotatable bonds is 3. The molecule has 3 N–H and O–H groups in total. The molecule has 0 aromatic rings. The summed E-state index contributed by atoms with van der Waals surface area (Å²) < 4.78 is 29.2. The normalized spacial score (nSPS) is 16.7. The molecular weight excluding hydrogens is 181 g/mol. The van der Waals surface area contributed by atoms with Gasteiger partial charge in [-0.05, 0) is 6.92 Å². The van der Waals surface area contributed by atoms with E-state index in [0.717, 1.165) is 6.92 Å². The molecule has 0 aromatic heterocycles. The number of hydrogen-bond donors (Lipinski definition) is 2. The molecule has 0 bridgehead atoms. The third kappa shape index (κ3) is 3.37. The Balaban J connectivity index is 0. The van der Waals surface area contributed by atoms with Crippen LogP contribution in [0.1, 0.15) is 6.92 Å². The van der Waals surface area contributed by atoms with E-state index in [-0.39, 0.29) is 36.1 Å². The van der Waals surface area contributed by atoms with E-state index in [1.807, 2.05) is 0 Å². The molecule has 0 fully saturated rings. The van der Waals surface area contributed by atoms with Crippen LogP contribution in [0.4, 0.5) is 0 Å². The fraction of sp³-hybridized carbons (Fsp3) is 1.00. The van der Waals surface area contributed by atoms with Crippen molar-refractivity contribution in [3.63, 3.8) is 0 Å². The van der Waals surface area contributed by atoms with Crippen LogP contribution in [0, 0.1) is 0 Å². The zero-order valence-electron chi connectivity index (χ0n) is 6.57. The van der Waals surface area contributed by atoms with E-state index in [4.69, 9.17) is 10.8 Å². The van der Waals surface area contributed by atoms with Crippen LogP contribution in [0.25, 0.3) is 0 Å². The van der Waals surface area contributed by atoms with Crippen LogP contribution in [-0.4, -0.2) is 36.0 Å². The zero-order valence-corrected chi connectivity index (χ0v) is 9.39. The van der Waals surface area contributed by atoms with Gasteiger partial charge in [-0.3, -0.25) is 0 Å². The quantitative estimate of drug-likeness (QED) is 0.344. The Bertz CT molecular complexity index is 198. The molecule has 0 heterocycles. The van der Waals surface area contributed by atoms with Crippen molar-refractivity contribution in [3.05, 3.63) is 0 Å². The van der Waals surface area contributed by atoms with E-state index in [0.29, 0.717) is 0 Å². The van der Waals surface area contributed by atoms with Gasteiger partial charge >= 0.3 is 29.6 Å². The molecule has 0 aromatic carbocycles. The van der Waals surface area contributed by atoms with E-state index in [1.165, 1.54) is 0 Å². The summed E-state index contributed by atoms with van der Waals surface area (Å²) in [6.07, 6.45) is 0. The van der Waals surface area contributed by atoms with Gasteiger partial charge in [-0.15, -0.1) is 0 Å². The Labute approximate surface area is 88.0 Å². The molecule has 0 aliphatic rings. The summed E-state index contributed by atoms with van der Waals surface area (Å²) in [7, 11) is -4.49. The monoisotopic (exact) mass is 191 g/mol. The Morgan fingerprint density at radius 2 is 2.00 bits per heavy atom. The SMILES string of the molecule is CC(CN)(CO)S(=O)(=O)[O-].[Na+]. The van der Waals surface area contributed by atoms with Crippen molar-refractivity contribution < 1.29 is 47.6 Å². The summed E-state index contributed by atoms with van der Waals surface area (Å²) in [5, 5.41) is 8.46. The topological polar surface area (TPSA) is 103 Å². The third-order valence-corrected chi connectivity index (χ3v) is 2.87. The zero-order chi connectivity index (χ0) is 8.41. The summed E-state index contributed by atoms with van der Waals surface area (Å²) in [6.45, 7) is 0.000000000000000222. The maximum Gasteiger partial charge on any atom is 1.00 e. The predicted molar refractivity (Wildman–Crippen MR) is 34.2 cm³/mol. The minimum atomic E-state index is -4.49. The molecule has 0 radical (unpaired) electrons. The smallest absolute Gasteiger partial charge is 0.747 e. The van der Waals surface area contributed by atoms with Gasteiger partial charge in [0.1, 0.15) is 10.1 Å². The van der Waals surface area contributed by atoms with Crippen LogP contribution >= 0.6 is 0 Å². The van der Waals surface area contributed by atoms with E-state index in [9.17, 15) is 13.0 Å². The average Bonchev–Trinajstić information content (AvgIpc) is 1.84. The summed E-state index contributed by atoms with van der Waals surface area (Å²) >= 11 is 0. The van der Waals surface area contributed by atoms with Gasteiger partial charge in [0.25, 0.3) is 0 Å². The van der Waals surface area contributed by atoms with Gasteiger partial charge in [0, 0.05) is 6.54 Å². The molecule has 5 nitrogen and oxygen atoms in total. The number of hydrogen-bond acceptors (Lipinski definition) is 5. The maximum absolute atomic E-state index is 10.3. The molecule has 11 heavy (non-hydrogen) atoms. The van der Waals surface area contributed by atoms with Gasteiger partial charge in [0.05, 0.1) is 11.4 Å². The number of aliphatic hydroxyl groups is 1. The molecule has 1 unspecified atom stereocenters. The minimum Gasteiger partial charge on any atom is -0.747 e. The molecule has 0 spiro atoms. The summed E-state index contributed by atoms with van der Waals surface area (Å²) in [5.74, 6) is 0. The van der Waals surface area contributed by atoms with Gasteiger partial charge < -0.3 is 15.4 Å². The van der Waals surface area contributed by atoms with Crippen LogP contribution in [0.2, 0.25) is 0 Å². The van der Waals surface area contributed by atoms with E-state index < -0.39 is 21.5 Å². The Kier molecular flexibility index (Phi) is 6.21.